The van der Waals surface area contributed by atoms with Crippen molar-refractivity contribution in [3.8, 4) is 0 Å². The molecular formula is C47H53NO15S. The SMILES string of the molecule is CSCO[C@H]1C[C@H]2OC[C@@]2(OC(C)=O)C2[C@H](OC(=O)c3ccccc3)[C@]3(O)C[C@H](OC(=O)[C@H](O)[C@@H](NC(=O)c4ccccc4)c4ccco4)C(C)=C([C@@H](OC(C)=O)C(=O)[C@@]21C)C3(C)C. The molecule has 3 fully saturated rings. The molecule has 1 amide bonds. The number of fused-ring (bicyclic) bond motifs is 5. The highest BCUT2D eigenvalue weighted by molar-refractivity contribution is 7.98. The molecule has 342 valence electrons. The van der Waals surface area contributed by atoms with E-state index >= 15 is 4.79 Å². The fraction of sp³-hybridized carbons (Fsp3) is 0.489. The standard InChI is InChI=1S/C47H53NO15S/c1-25-31(61-43(55)36(51)35(30-19-14-20-57-30)48-41(53)28-15-10-8-11-16-28)22-47(56)40(62-42(54)29-17-12-9-13-18-29)38-45(6,39(52)37(60-26(2)49)34(25)44(47,4)5)32(59-24-64-7)21-33-46(38,23-58-33)63-27(3)50/h8-20,31-33,35-38,40,51,56H,21-24H2,1-7H3,(H,48,53)/t31-,32-,33+,35-,36+,37+,38?,40-,45+,46-,47+/m0/s1. The van der Waals surface area contributed by atoms with Gasteiger partial charge in [0, 0.05) is 37.7 Å². The zero-order valence-corrected chi connectivity index (χ0v) is 37.4. The van der Waals surface area contributed by atoms with Gasteiger partial charge in [-0.05, 0) is 67.6 Å². The minimum atomic E-state index is -2.36. The summed E-state index contributed by atoms with van der Waals surface area (Å²) in [5.41, 5.74) is -6.97. The summed E-state index contributed by atoms with van der Waals surface area (Å²) in [6.07, 6.45) is -6.41. The van der Waals surface area contributed by atoms with Gasteiger partial charge in [-0.25, -0.2) is 9.59 Å². The number of carbonyl (C=O) groups is 6. The number of Topliss-reactive ketones (excluding diaryl/α,β-unsaturated/α-hetero) is 1. The van der Waals surface area contributed by atoms with Gasteiger partial charge in [0.2, 0.25) is 0 Å². The Hall–Kier alpha value is -5.33. The van der Waals surface area contributed by atoms with Crippen LogP contribution in [-0.2, 0) is 47.6 Å². The fourth-order valence-electron chi connectivity index (χ4n) is 10.3. The molecule has 2 saturated carbocycles. The number of esters is 4. The molecule has 3 aliphatic carbocycles. The van der Waals surface area contributed by atoms with Crippen molar-refractivity contribution in [2.24, 2.45) is 16.7 Å². The summed E-state index contributed by atoms with van der Waals surface area (Å²) in [5.74, 6) is -6.42. The first-order valence-corrected chi connectivity index (χ1v) is 22.3. The van der Waals surface area contributed by atoms with Crippen LogP contribution in [0.1, 0.15) is 86.9 Å². The van der Waals surface area contributed by atoms with E-state index in [4.69, 9.17) is 32.8 Å². The van der Waals surface area contributed by atoms with Crippen LogP contribution in [-0.4, -0.2) is 112 Å². The van der Waals surface area contributed by atoms with Crippen LogP contribution in [0.15, 0.2) is 94.6 Å². The summed E-state index contributed by atoms with van der Waals surface area (Å²) in [7, 11) is 0. The van der Waals surface area contributed by atoms with E-state index in [0.717, 1.165) is 6.92 Å². The van der Waals surface area contributed by atoms with E-state index in [-0.39, 0.29) is 47.0 Å². The molecule has 3 aromatic rings. The van der Waals surface area contributed by atoms with Gasteiger partial charge in [-0.3, -0.25) is 19.2 Å². The van der Waals surface area contributed by atoms with Gasteiger partial charge in [-0.2, -0.15) is 0 Å². The van der Waals surface area contributed by atoms with Crippen LogP contribution in [0.25, 0.3) is 0 Å². The van der Waals surface area contributed by atoms with Crippen LogP contribution in [0.3, 0.4) is 0 Å². The van der Waals surface area contributed by atoms with Crippen LogP contribution in [0, 0.1) is 16.7 Å². The Bertz CT molecular complexity index is 2300. The molecule has 4 aliphatic rings. The van der Waals surface area contributed by atoms with Crippen LogP contribution < -0.4 is 5.32 Å². The maximum atomic E-state index is 15.9. The van der Waals surface area contributed by atoms with Gasteiger partial charge in [-0.15, -0.1) is 11.8 Å². The van der Waals surface area contributed by atoms with Crippen LogP contribution in [0.4, 0.5) is 0 Å². The third kappa shape index (κ3) is 7.95. The van der Waals surface area contributed by atoms with E-state index < -0.39 is 113 Å². The summed E-state index contributed by atoms with van der Waals surface area (Å²) in [6, 6.07) is 17.6. The first-order chi connectivity index (χ1) is 30.3. The lowest BCUT2D eigenvalue weighted by molar-refractivity contribution is -0.347. The number of hydrogen-bond donors (Lipinski definition) is 3. The topological polar surface area (TPSA) is 223 Å². The molecule has 7 rings (SSSR count). The van der Waals surface area contributed by atoms with Crippen molar-refractivity contribution in [2.45, 2.75) is 108 Å². The Morgan fingerprint density at radius 2 is 1.56 bits per heavy atom. The highest BCUT2D eigenvalue weighted by Gasteiger charge is 2.78. The zero-order chi connectivity index (χ0) is 46.4. The number of hydrogen-bond acceptors (Lipinski definition) is 16. The molecule has 1 saturated heterocycles. The van der Waals surface area contributed by atoms with Crippen molar-refractivity contribution < 1.29 is 71.8 Å². The van der Waals surface area contributed by atoms with Crippen molar-refractivity contribution in [1.82, 2.24) is 5.32 Å². The maximum absolute atomic E-state index is 15.9. The van der Waals surface area contributed by atoms with Gasteiger partial charge < -0.3 is 48.4 Å². The molecular weight excluding hydrogens is 851 g/mol. The number of aliphatic hydroxyl groups excluding tert-OH is 1. The van der Waals surface area contributed by atoms with Crippen LogP contribution in [0.5, 0.6) is 0 Å². The van der Waals surface area contributed by atoms with E-state index in [1.165, 1.54) is 49.2 Å². The first-order valence-electron chi connectivity index (χ1n) is 20.9. The number of amides is 1. The predicted octanol–water partition coefficient (Wildman–Crippen LogP) is 4.67. The van der Waals surface area contributed by atoms with Crippen molar-refractivity contribution in [1.29, 1.82) is 0 Å². The molecule has 2 aromatic carbocycles. The second-order valence-electron chi connectivity index (χ2n) is 17.5. The quantitative estimate of drug-likeness (QED) is 0.0917. The van der Waals surface area contributed by atoms with Crippen molar-refractivity contribution in [3.63, 3.8) is 0 Å². The average Bonchev–Trinajstić information content (AvgIpc) is 3.80. The smallest absolute Gasteiger partial charge is 0.338 e. The van der Waals surface area contributed by atoms with E-state index in [1.807, 2.05) is 0 Å². The van der Waals surface area contributed by atoms with E-state index in [2.05, 4.69) is 5.32 Å². The second kappa shape index (κ2) is 17.9. The van der Waals surface area contributed by atoms with Gasteiger partial charge in [0.05, 0.1) is 41.8 Å². The lowest BCUT2D eigenvalue weighted by Gasteiger charge is -2.67. The number of carbonyl (C=O) groups excluding carboxylic acids is 6. The molecule has 1 unspecified atom stereocenters. The number of benzene rings is 2. The van der Waals surface area contributed by atoms with Crippen molar-refractivity contribution in [3.05, 3.63) is 107 Å². The lowest BCUT2D eigenvalue weighted by Crippen LogP contribution is -2.82. The minimum absolute atomic E-state index is 0.0219. The second-order valence-corrected chi connectivity index (χ2v) is 18.3. The molecule has 0 radical (unpaired) electrons. The van der Waals surface area contributed by atoms with Gasteiger partial charge in [0.25, 0.3) is 5.91 Å². The molecule has 64 heavy (non-hydrogen) atoms. The Morgan fingerprint density at radius 3 is 2.12 bits per heavy atom. The normalized spacial score (nSPS) is 31.3. The predicted molar refractivity (Wildman–Crippen MR) is 227 cm³/mol. The summed E-state index contributed by atoms with van der Waals surface area (Å²) >= 11 is 1.33. The summed E-state index contributed by atoms with van der Waals surface area (Å²) in [4.78, 5) is 84.3. The van der Waals surface area contributed by atoms with Gasteiger partial charge in [0.1, 0.15) is 35.7 Å². The lowest BCUT2D eigenvalue weighted by atomic mass is 9.44. The van der Waals surface area contributed by atoms with Crippen LogP contribution >= 0.6 is 11.8 Å². The van der Waals surface area contributed by atoms with E-state index in [1.54, 1.807) is 82.5 Å². The molecule has 1 aliphatic heterocycles. The number of furan rings is 1. The first kappa shape index (κ1) is 46.7. The van der Waals surface area contributed by atoms with Crippen molar-refractivity contribution in [2.75, 3.05) is 18.8 Å². The van der Waals surface area contributed by atoms with Crippen LogP contribution in [0.2, 0.25) is 0 Å². The van der Waals surface area contributed by atoms with E-state index in [9.17, 15) is 34.2 Å². The highest BCUT2D eigenvalue weighted by atomic mass is 32.2. The van der Waals surface area contributed by atoms with E-state index in [0.29, 0.717) is 0 Å². The Morgan fingerprint density at radius 1 is 0.906 bits per heavy atom. The molecule has 1 aromatic heterocycles. The molecule has 3 N–H and O–H groups in total. The highest BCUT2D eigenvalue weighted by Crippen LogP contribution is 2.65. The number of ether oxygens (including phenoxy) is 6. The van der Waals surface area contributed by atoms with Gasteiger partial charge >= 0.3 is 23.9 Å². The minimum Gasteiger partial charge on any atom is -0.467 e. The Kier molecular flexibility index (Phi) is 13.1. The third-order valence-corrected chi connectivity index (χ3v) is 13.9. The zero-order valence-electron chi connectivity index (χ0n) is 36.6. The molecule has 11 atom stereocenters. The molecule has 17 heteroatoms. The maximum Gasteiger partial charge on any atom is 0.338 e. The number of aliphatic hydroxyl groups is 2. The summed E-state index contributed by atoms with van der Waals surface area (Å²) in [6.45, 7) is 8.37. The van der Waals surface area contributed by atoms with Crippen molar-refractivity contribution >= 4 is 47.3 Å². The monoisotopic (exact) mass is 903 g/mol. The fourth-order valence-corrected chi connectivity index (χ4v) is 10.6. The Labute approximate surface area is 374 Å². The number of rotatable bonds is 13. The number of thioether (sulfide) groups is 1. The van der Waals surface area contributed by atoms with Gasteiger partial charge in [0.15, 0.2) is 23.6 Å². The van der Waals surface area contributed by atoms with Gasteiger partial charge in [-0.1, -0.05) is 50.2 Å². The Balaban J connectivity index is 1.41. The molecule has 0 spiro atoms. The average molecular weight is 904 g/mol. The molecule has 2 bridgehead atoms. The third-order valence-electron chi connectivity index (χ3n) is 13.5. The number of nitrogens with one attached hydrogen (secondary N) is 1. The number of ketones is 1. The summed E-state index contributed by atoms with van der Waals surface area (Å²) < 4.78 is 42.8. The summed E-state index contributed by atoms with van der Waals surface area (Å²) in [5, 5.41) is 28.2. The molecule has 2 heterocycles. The largest absolute Gasteiger partial charge is 0.467 e. The molecule has 16 nitrogen and oxygen atoms in total.